The maximum Gasteiger partial charge on any atom is 0.320 e. The number of nitrogens with one attached hydrogen (secondary N) is 1. The minimum Gasteiger partial charge on any atom is -0.507 e. The van der Waals surface area contributed by atoms with Gasteiger partial charge in [-0.1, -0.05) is 11.6 Å². The highest BCUT2D eigenvalue weighted by molar-refractivity contribution is 5.84. The molecule has 0 radical (unpaired) electrons. The Balaban J connectivity index is 1.64. The van der Waals surface area contributed by atoms with Gasteiger partial charge in [0.25, 0.3) is 0 Å². The summed E-state index contributed by atoms with van der Waals surface area (Å²) in [6, 6.07) is 7.41. The molecule has 9 nitrogen and oxygen atoms in total. The van der Waals surface area contributed by atoms with Gasteiger partial charge in [-0.05, 0) is 19.1 Å². The molecule has 3 rings (SSSR count). The highest BCUT2D eigenvalue weighted by atomic mass is 16.5. The SMILES string of the molecule is Cc1ccc(O)c(C=NNc2cc(N(C)C)nc(OCCN3CCOCC3)n2)c1. The van der Waals surface area contributed by atoms with Crippen LogP contribution in [0.2, 0.25) is 0 Å². The second kappa shape index (κ2) is 10.0. The summed E-state index contributed by atoms with van der Waals surface area (Å²) in [6.45, 7) is 6.59. The lowest BCUT2D eigenvalue weighted by atomic mass is 10.1. The molecule has 156 valence electrons. The van der Waals surface area contributed by atoms with Gasteiger partial charge in [0.1, 0.15) is 18.2 Å². The molecule has 0 amide bonds. The molecule has 2 aromatic rings. The molecule has 29 heavy (non-hydrogen) atoms. The minimum atomic E-state index is 0.171. The number of aromatic hydroxyl groups is 1. The van der Waals surface area contributed by atoms with Crippen LogP contribution >= 0.6 is 0 Å². The molecule has 1 aliphatic rings. The summed E-state index contributed by atoms with van der Waals surface area (Å²) in [5.74, 6) is 1.39. The Bertz CT molecular complexity index is 837. The largest absolute Gasteiger partial charge is 0.507 e. The van der Waals surface area contributed by atoms with Crippen molar-refractivity contribution in [3.63, 3.8) is 0 Å². The zero-order valence-electron chi connectivity index (χ0n) is 17.1. The van der Waals surface area contributed by atoms with Gasteiger partial charge in [0.15, 0.2) is 5.82 Å². The summed E-state index contributed by atoms with van der Waals surface area (Å²) in [6.07, 6.45) is 1.55. The molecule has 0 spiro atoms. The monoisotopic (exact) mass is 400 g/mol. The van der Waals surface area contributed by atoms with Gasteiger partial charge in [-0.25, -0.2) is 0 Å². The predicted octanol–water partition coefficient (Wildman–Crippen LogP) is 1.71. The predicted molar refractivity (Wildman–Crippen MR) is 113 cm³/mol. The van der Waals surface area contributed by atoms with Gasteiger partial charge < -0.3 is 19.5 Å². The summed E-state index contributed by atoms with van der Waals surface area (Å²) in [5, 5.41) is 14.1. The summed E-state index contributed by atoms with van der Waals surface area (Å²) in [4.78, 5) is 13.0. The van der Waals surface area contributed by atoms with Crippen molar-refractivity contribution in [3.8, 4) is 11.8 Å². The van der Waals surface area contributed by atoms with Crippen molar-refractivity contribution < 1.29 is 14.6 Å². The fourth-order valence-corrected chi connectivity index (χ4v) is 2.80. The number of rotatable bonds is 8. The van der Waals surface area contributed by atoms with Crippen LogP contribution in [0.3, 0.4) is 0 Å². The van der Waals surface area contributed by atoms with E-state index < -0.39 is 0 Å². The topological polar surface area (TPSA) is 95.3 Å². The summed E-state index contributed by atoms with van der Waals surface area (Å²) in [5.41, 5.74) is 4.55. The number of hydrogen-bond donors (Lipinski definition) is 2. The number of aromatic nitrogens is 2. The van der Waals surface area contributed by atoms with E-state index in [-0.39, 0.29) is 5.75 Å². The number of phenols is 1. The summed E-state index contributed by atoms with van der Waals surface area (Å²) >= 11 is 0. The van der Waals surface area contributed by atoms with Crippen LogP contribution in [0.5, 0.6) is 11.8 Å². The fourth-order valence-electron chi connectivity index (χ4n) is 2.80. The van der Waals surface area contributed by atoms with Gasteiger partial charge >= 0.3 is 6.01 Å². The number of hydrogen-bond acceptors (Lipinski definition) is 9. The molecular formula is C20H28N6O3. The van der Waals surface area contributed by atoms with Crippen molar-refractivity contribution in [3.05, 3.63) is 35.4 Å². The van der Waals surface area contributed by atoms with E-state index in [1.54, 1.807) is 18.3 Å². The van der Waals surface area contributed by atoms with E-state index >= 15 is 0 Å². The number of anilines is 2. The second-order valence-electron chi connectivity index (χ2n) is 7.02. The van der Waals surface area contributed by atoms with Gasteiger partial charge in [0, 0.05) is 45.4 Å². The average molecular weight is 400 g/mol. The highest BCUT2D eigenvalue weighted by Crippen LogP contribution is 2.19. The molecule has 1 fully saturated rings. The Hall–Kier alpha value is -2.91. The van der Waals surface area contributed by atoms with Crippen LogP contribution in [-0.2, 0) is 4.74 Å². The third kappa shape index (κ3) is 6.30. The molecule has 0 saturated carbocycles. The van der Waals surface area contributed by atoms with Crippen LogP contribution in [-0.4, -0.2) is 79.7 Å². The first kappa shape index (κ1) is 20.8. The third-order valence-corrected chi connectivity index (χ3v) is 4.46. The first-order chi connectivity index (χ1) is 14.0. The maximum absolute atomic E-state index is 9.91. The standard InChI is InChI=1S/C20H28N6O3/c1-15-4-5-17(27)16(12-15)14-21-24-18-13-19(25(2)3)23-20(22-18)29-11-8-26-6-9-28-10-7-26/h4-5,12-14,27H,6-11H2,1-3H3,(H,22,23,24). The van der Waals surface area contributed by atoms with Crippen molar-refractivity contribution in [2.75, 3.05) is 63.9 Å². The van der Waals surface area contributed by atoms with E-state index in [1.807, 2.05) is 38.1 Å². The van der Waals surface area contributed by atoms with Crippen LogP contribution in [0, 0.1) is 6.92 Å². The van der Waals surface area contributed by atoms with Crippen molar-refractivity contribution in [1.82, 2.24) is 14.9 Å². The van der Waals surface area contributed by atoms with Gasteiger partial charge in [0.2, 0.25) is 0 Å². The Labute approximate surface area is 171 Å². The second-order valence-corrected chi connectivity index (χ2v) is 7.02. The van der Waals surface area contributed by atoms with E-state index in [1.165, 1.54) is 0 Å². The highest BCUT2D eigenvalue weighted by Gasteiger charge is 2.11. The van der Waals surface area contributed by atoms with E-state index in [4.69, 9.17) is 9.47 Å². The van der Waals surface area contributed by atoms with Crippen LogP contribution in [0.15, 0.2) is 29.4 Å². The molecule has 1 saturated heterocycles. The molecular weight excluding hydrogens is 372 g/mol. The molecule has 9 heteroatoms. The molecule has 0 atom stereocenters. The third-order valence-electron chi connectivity index (χ3n) is 4.46. The smallest absolute Gasteiger partial charge is 0.320 e. The number of phenolic OH excluding ortho intramolecular Hbond substituents is 1. The van der Waals surface area contributed by atoms with Crippen molar-refractivity contribution in [2.45, 2.75) is 6.92 Å². The Morgan fingerprint density at radius 1 is 1.28 bits per heavy atom. The van der Waals surface area contributed by atoms with Crippen LogP contribution in [0.25, 0.3) is 0 Å². The number of benzene rings is 1. The molecule has 2 N–H and O–H groups in total. The minimum absolute atomic E-state index is 0.171. The molecule has 1 aliphatic heterocycles. The quantitative estimate of drug-likeness (QED) is 0.511. The van der Waals surface area contributed by atoms with Gasteiger partial charge in [-0.2, -0.15) is 15.1 Å². The molecule has 0 aliphatic carbocycles. The fraction of sp³-hybridized carbons (Fsp3) is 0.450. The van der Waals surface area contributed by atoms with Crippen LogP contribution in [0.4, 0.5) is 11.6 Å². The Kier molecular flexibility index (Phi) is 7.20. The van der Waals surface area contributed by atoms with Gasteiger partial charge in [0.05, 0.1) is 19.4 Å². The molecule has 0 bridgehead atoms. The summed E-state index contributed by atoms with van der Waals surface area (Å²) < 4.78 is 11.1. The normalized spacial score (nSPS) is 14.9. The number of nitrogens with zero attached hydrogens (tertiary/aromatic N) is 5. The number of aryl methyl sites for hydroxylation is 1. The van der Waals surface area contributed by atoms with Crippen molar-refractivity contribution >= 4 is 17.9 Å². The van der Waals surface area contributed by atoms with Crippen molar-refractivity contribution in [1.29, 1.82) is 0 Å². The lowest BCUT2D eigenvalue weighted by Crippen LogP contribution is -2.38. The number of hydrazone groups is 1. The lowest BCUT2D eigenvalue weighted by molar-refractivity contribution is 0.0317. The first-order valence-electron chi connectivity index (χ1n) is 9.59. The zero-order valence-corrected chi connectivity index (χ0v) is 17.1. The van der Waals surface area contributed by atoms with Crippen molar-refractivity contribution in [2.24, 2.45) is 5.10 Å². The molecule has 1 aromatic carbocycles. The molecule has 0 unspecified atom stereocenters. The number of ether oxygens (including phenoxy) is 2. The average Bonchev–Trinajstić information content (AvgIpc) is 2.71. The zero-order chi connectivity index (χ0) is 20.6. The Morgan fingerprint density at radius 3 is 2.83 bits per heavy atom. The molecule has 1 aromatic heterocycles. The first-order valence-corrected chi connectivity index (χ1v) is 9.59. The summed E-state index contributed by atoms with van der Waals surface area (Å²) in [7, 11) is 3.80. The Morgan fingerprint density at radius 2 is 2.07 bits per heavy atom. The van der Waals surface area contributed by atoms with Crippen LogP contribution < -0.4 is 15.1 Å². The maximum atomic E-state index is 9.91. The number of morpholine rings is 1. The van der Waals surface area contributed by atoms with E-state index in [0.717, 1.165) is 38.4 Å². The van der Waals surface area contributed by atoms with Crippen LogP contribution in [0.1, 0.15) is 11.1 Å². The molecule has 2 heterocycles. The lowest BCUT2D eigenvalue weighted by Gasteiger charge is -2.26. The van der Waals surface area contributed by atoms with Gasteiger partial charge in [-0.15, -0.1) is 0 Å². The van der Waals surface area contributed by atoms with E-state index in [9.17, 15) is 5.11 Å². The van der Waals surface area contributed by atoms with E-state index in [0.29, 0.717) is 29.8 Å². The van der Waals surface area contributed by atoms with Gasteiger partial charge in [-0.3, -0.25) is 10.3 Å². The van der Waals surface area contributed by atoms with E-state index in [2.05, 4.69) is 25.4 Å².